The highest BCUT2D eigenvalue weighted by Crippen LogP contribution is 2.20. The summed E-state index contributed by atoms with van der Waals surface area (Å²) in [5.74, 6) is -2.21. The molecule has 1 fully saturated rings. The molecule has 112 valence electrons. The van der Waals surface area contributed by atoms with Crippen molar-refractivity contribution in [3.05, 3.63) is 35.4 Å². The van der Waals surface area contributed by atoms with Gasteiger partial charge < -0.3 is 5.11 Å². The highest BCUT2D eigenvalue weighted by Gasteiger charge is 2.27. The summed E-state index contributed by atoms with van der Waals surface area (Å²) < 4.78 is 52.6. The Morgan fingerprint density at radius 1 is 1.25 bits per heavy atom. The minimum absolute atomic E-state index is 0.0933. The minimum Gasteiger partial charge on any atom is -0.391 e. The summed E-state index contributed by atoms with van der Waals surface area (Å²) in [6, 6.07) is 2.25. The van der Waals surface area contributed by atoms with Crippen LogP contribution in [-0.2, 0) is 15.8 Å². The van der Waals surface area contributed by atoms with Gasteiger partial charge in [0.2, 0.25) is 10.0 Å². The first-order valence-electron chi connectivity index (χ1n) is 6.49. The number of hydrogen-bond donors (Lipinski definition) is 2. The van der Waals surface area contributed by atoms with Crippen LogP contribution in [0, 0.1) is 11.6 Å². The lowest BCUT2D eigenvalue weighted by atomic mass is 9.93. The molecule has 0 heterocycles. The maximum absolute atomic E-state index is 13.5. The first-order chi connectivity index (χ1) is 9.37. The SMILES string of the molecule is O=S(=O)(Cc1ccc(F)cc1F)NC1CCCCC1O. The lowest BCUT2D eigenvalue weighted by Gasteiger charge is -2.28. The zero-order valence-electron chi connectivity index (χ0n) is 10.9. The van der Waals surface area contributed by atoms with Crippen LogP contribution >= 0.6 is 0 Å². The van der Waals surface area contributed by atoms with Crippen LogP contribution in [-0.4, -0.2) is 25.7 Å². The average molecular weight is 305 g/mol. The fourth-order valence-electron chi connectivity index (χ4n) is 2.36. The van der Waals surface area contributed by atoms with E-state index in [2.05, 4.69) is 4.72 Å². The Hall–Kier alpha value is -1.05. The Kier molecular flexibility index (Phi) is 4.72. The standard InChI is InChI=1S/C13H17F2NO3S/c14-10-6-5-9(11(15)7-10)8-20(18,19)16-12-3-1-2-4-13(12)17/h5-7,12-13,16-17H,1-4,8H2. The summed E-state index contributed by atoms with van der Waals surface area (Å²) in [5, 5.41) is 9.74. The molecule has 0 bridgehead atoms. The van der Waals surface area contributed by atoms with Crippen LogP contribution in [0.4, 0.5) is 8.78 Å². The predicted molar refractivity (Wildman–Crippen MR) is 70.4 cm³/mol. The van der Waals surface area contributed by atoms with Crippen LogP contribution in [0.25, 0.3) is 0 Å². The van der Waals surface area contributed by atoms with Gasteiger partial charge in [0, 0.05) is 17.7 Å². The van der Waals surface area contributed by atoms with E-state index in [0.717, 1.165) is 25.0 Å². The molecule has 7 heteroatoms. The van der Waals surface area contributed by atoms with Crippen molar-refractivity contribution in [1.29, 1.82) is 0 Å². The van der Waals surface area contributed by atoms with E-state index in [1.165, 1.54) is 0 Å². The molecule has 1 aromatic rings. The van der Waals surface area contributed by atoms with Crippen LogP contribution in [0.3, 0.4) is 0 Å². The zero-order chi connectivity index (χ0) is 14.8. The second-order valence-corrected chi connectivity index (χ2v) is 6.82. The molecule has 0 aromatic heterocycles. The number of nitrogens with one attached hydrogen (secondary N) is 1. The van der Waals surface area contributed by atoms with Crippen LogP contribution < -0.4 is 4.72 Å². The first-order valence-corrected chi connectivity index (χ1v) is 8.14. The Morgan fingerprint density at radius 3 is 2.60 bits per heavy atom. The lowest BCUT2D eigenvalue weighted by Crippen LogP contribution is -2.45. The second kappa shape index (κ2) is 6.15. The fraction of sp³-hybridized carbons (Fsp3) is 0.538. The van der Waals surface area contributed by atoms with Gasteiger partial charge in [-0.25, -0.2) is 21.9 Å². The number of benzene rings is 1. The molecule has 2 N–H and O–H groups in total. The maximum atomic E-state index is 13.5. The zero-order valence-corrected chi connectivity index (χ0v) is 11.7. The van der Waals surface area contributed by atoms with E-state index >= 15 is 0 Å². The van der Waals surface area contributed by atoms with Crippen molar-refractivity contribution in [2.75, 3.05) is 0 Å². The number of aliphatic hydroxyl groups excluding tert-OH is 1. The van der Waals surface area contributed by atoms with Gasteiger partial charge in [0.25, 0.3) is 0 Å². The highest BCUT2D eigenvalue weighted by atomic mass is 32.2. The lowest BCUT2D eigenvalue weighted by molar-refractivity contribution is 0.101. The third-order valence-corrected chi connectivity index (χ3v) is 4.77. The molecule has 0 saturated heterocycles. The number of halogens is 2. The Labute approximate surface area is 116 Å². The molecule has 2 unspecified atom stereocenters. The first kappa shape index (κ1) is 15.3. The van der Waals surface area contributed by atoms with Gasteiger partial charge in [0.15, 0.2) is 0 Å². The van der Waals surface area contributed by atoms with Gasteiger partial charge in [0.1, 0.15) is 11.6 Å². The van der Waals surface area contributed by atoms with E-state index in [4.69, 9.17) is 0 Å². The minimum atomic E-state index is -3.77. The average Bonchev–Trinajstić information content (AvgIpc) is 2.35. The van der Waals surface area contributed by atoms with Crippen molar-refractivity contribution in [3.63, 3.8) is 0 Å². The Balaban J connectivity index is 2.07. The van der Waals surface area contributed by atoms with Gasteiger partial charge in [-0.2, -0.15) is 0 Å². The van der Waals surface area contributed by atoms with Crippen molar-refractivity contribution >= 4 is 10.0 Å². The van der Waals surface area contributed by atoms with E-state index in [9.17, 15) is 22.3 Å². The molecule has 1 saturated carbocycles. The molecule has 20 heavy (non-hydrogen) atoms. The molecule has 2 atom stereocenters. The number of sulfonamides is 1. The van der Waals surface area contributed by atoms with E-state index in [0.29, 0.717) is 18.9 Å². The van der Waals surface area contributed by atoms with Gasteiger partial charge in [-0.05, 0) is 18.9 Å². The smallest absolute Gasteiger partial charge is 0.216 e. The van der Waals surface area contributed by atoms with Crippen LogP contribution in [0.1, 0.15) is 31.2 Å². The van der Waals surface area contributed by atoms with Crippen LogP contribution in [0.5, 0.6) is 0 Å². The molecule has 0 spiro atoms. The number of hydrogen-bond acceptors (Lipinski definition) is 3. The topological polar surface area (TPSA) is 66.4 Å². The number of aliphatic hydroxyl groups is 1. The normalized spacial score (nSPS) is 23.8. The van der Waals surface area contributed by atoms with Crippen LogP contribution in [0.2, 0.25) is 0 Å². The summed E-state index contributed by atoms with van der Waals surface area (Å²) >= 11 is 0. The highest BCUT2D eigenvalue weighted by molar-refractivity contribution is 7.88. The van der Waals surface area contributed by atoms with Gasteiger partial charge in [0.05, 0.1) is 11.9 Å². The molecular weight excluding hydrogens is 288 g/mol. The summed E-state index contributed by atoms with van der Waals surface area (Å²) in [5.41, 5.74) is -0.0933. The van der Waals surface area contributed by atoms with E-state index in [-0.39, 0.29) is 5.56 Å². The van der Waals surface area contributed by atoms with Crippen molar-refractivity contribution in [3.8, 4) is 0 Å². The van der Waals surface area contributed by atoms with Crippen molar-refractivity contribution < 1.29 is 22.3 Å². The van der Waals surface area contributed by atoms with E-state index < -0.39 is 39.6 Å². The van der Waals surface area contributed by atoms with Crippen molar-refractivity contribution in [1.82, 2.24) is 4.72 Å². The van der Waals surface area contributed by atoms with E-state index in [1.54, 1.807) is 0 Å². The van der Waals surface area contributed by atoms with Gasteiger partial charge >= 0.3 is 0 Å². The second-order valence-electron chi connectivity index (χ2n) is 5.07. The molecule has 0 amide bonds. The summed E-state index contributed by atoms with van der Waals surface area (Å²) in [6.07, 6.45) is 2.11. The maximum Gasteiger partial charge on any atom is 0.216 e. The van der Waals surface area contributed by atoms with Crippen molar-refractivity contribution in [2.45, 2.75) is 43.6 Å². The largest absolute Gasteiger partial charge is 0.391 e. The molecule has 1 aliphatic rings. The van der Waals surface area contributed by atoms with Crippen molar-refractivity contribution in [2.24, 2.45) is 0 Å². The van der Waals surface area contributed by atoms with E-state index in [1.807, 2.05) is 0 Å². The quantitative estimate of drug-likeness (QED) is 0.889. The predicted octanol–water partition coefficient (Wildman–Crippen LogP) is 1.69. The molecule has 4 nitrogen and oxygen atoms in total. The summed E-state index contributed by atoms with van der Waals surface area (Å²) in [4.78, 5) is 0. The number of rotatable bonds is 4. The van der Waals surface area contributed by atoms with Gasteiger partial charge in [-0.1, -0.05) is 18.9 Å². The summed E-state index contributed by atoms with van der Waals surface area (Å²) in [6.45, 7) is 0. The Morgan fingerprint density at radius 2 is 1.95 bits per heavy atom. The molecule has 1 aliphatic carbocycles. The molecule has 1 aromatic carbocycles. The third-order valence-electron chi connectivity index (χ3n) is 3.42. The van der Waals surface area contributed by atoms with Gasteiger partial charge in [-0.15, -0.1) is 0 Å². The molecular formula is C13H17F2NO3S. The molecule has 0 aliphatic heterocycles. The fourth-order valence-corrected chi connectivity index (χ4v) is 3.83. The van der Waals surface area contributed by atoms with Crippen LogP contribution in [0.15, 0.2) is 18.2 Å². The Bertz CT molecular complexity index is 577. The molecule has 2 rings (SSSR count). The summed E-state index contributed by atoms with van der Waals surface area (Å²) in [7, 11) is -3.77. The monoisotopic (exact) mass is 305 g/mol. The third kappa shape index (κ3) is 3.97. The van der Waals surface area contributed by atoms with Gasteiger partial charge in [-0.3, -0.25) is 0 Å². The molecule has 0 radical (unpaired) electrons.